The molecular formula is C16H29N5O. The highest BCUT2D eigenvalue weighted by Crippen LogP contribution is 2.24. The molecule has 3 rings (SSSR count). The lowest BCUT2D eigenvalue weighted by molar-refractivity contribution is 0.122. The summed E-state index contributed by atoms with van der Waals surface area (Å²) in [5.74, 6) is 1.26. The van der Waals surface area contributed by atoms with Gasteiger partial charge in [0.2, 0.25) is 0 Å². The van der Waals surface area contributed by atoms with Gasteiger partial charge in [-0.15, -0.1) is 0 Å². The first kappa shape index (κ1) is 15.8. The number of nitrogens with zero attached hydrogens (tertiary/aromatic N) is 4. The molecule has 2 aliphatic heterocycles. The van der Waals surface area contributed by atoms with Crippen LogP contribution < -0.4 is 10.2 Å². The summed E-state index contributed by atoms with van der Waals surface area (Å²) in [7, 11) is 4.28. The molecule has 1 atom stereocenters. The number of anilines is 1. The average molecular weight is 307 g/mol. The standard InChI is InChI=1S/C16H29N5O/c1-13-15(12-17-11-14-5-4-6-19(14)2)16(20(3)18-13)21-7-9-22-10-8-21/h14,17H,4-12H2,1-3H3/t14-/m1/s1. The molecule has 2 saturated heterocycles. The maximum atomic E-state index is 5.48. The Labute approximate surface area is 133 Å². The minimum Gasteiger partial charge on any atom is -0.378 e. The first-order valence-electron chi connectivity index (χ1n) is 8.43. The molecule has 3 heterocycles. The highest BCUT2D eigenvalue weighted by molar-refractivity contribution is 5.50. The number of aryl methyl sites for hydroxylation is 2. The number of likely N-dealkylation sites (N-methyl/N-ethyl adjacent to an activating group) is 1. The maximum Gasteiger partial charge on any atom is 0.131 e. The summed E-state index contributed by atoms with van der Waals surface area (Å²) < 4.78 is 7.50. The average Bonchev–Trinajstić information content (AvgIpc) is 3.04. The van der Waals surface area contributed by atoms with Crippen molar-refractivity contribution in [1.29, 1.82) is 0 Å². The Hall–Kier alpha value is -1.11. The van der Waals surface area contributed by atoms with Crippen LogP contribution >= 0.6 is 0 Å². The van der Waals surface area contributed by atoms with Gasteiger partial charge in [-0.3, -0.25) is 4.68 Å². The molecule has 22 heavy (non-hydrogen) atoms. The van der Waals surface area contributed by atoms with Crippen molar-refractivity contribution >= 4 is 5.82 Å². The van der Waals surface area contributed by atoms with Gasteiger partial charge < -0.3 is 19.9 Å². The Morgan fingerprint density at radius 1 is 1.23 bits per heavy atom. The number of aromatic nitrogens is 2. The van der Waals surface area contributed by atoms with Gasteiger partial charge in [0, 0.05) is 44.8 Å². The van der Waals surface area contributed by atoms with E-state index in [1.165, 1.54) is 30.8 Å². The van der Waals surface area contributed by atoms with Crippen LogP contribution in [-0.4, -0.2) is 67.2 Å². The van der Waals surface area contributed by atoms with Crippen molar-refractivity contribution < 1.29 is 4.74 Å². The smallest absolute Gasteiger partial charge is 0.131 e. The van der Waals surface area contributed by atoms with E-state index in [1.807, 2.05) is 11.7 Å². The second kappa shape index (κ2) is 6.98. The van der Waals surface area contributed by atoms with Crippen LogP contribution in [0.4, 0.5) is 5.82 Å². The molecule has 1 N–H and O–H groups in total. The van der Waals surface area contributed by atoms with Crippen LogP contribution in [0.25, 0.3) is 0 Å². The Morgan fingerprint density at radius 3 is 2.68 bits per heavy atom. The second-order valence-electron chi connectivity index (χ2n) is 6.52. The fraction of sp³-hybridized carbons (Fsp3) is 0.812. The number of nitrogens with one attached hydrogen (secondary N) is 1. The first-order valence-corrected chi connectivity index (χ1v) is 8.43. The molecule has 0 radical (unpaired) electrons. The Bertz CT molecular complexity index is 495. The van der Waals surface area contributed by atoms with Crippen LogP contribution in [0.15, 0.2) is 0 Å². The van der Waals surface area contributed by atoms with Crippen molar-refractivity contribution in [2.75, 3.05) is 51.3 Å². The van der Waals surface area contributed by atoms with Crippen LogP contribution in [0, 0.1) is 6.92 Å². The summed E-state index contributed by atoms with van der Waals surface area (Å²) in [4.78, 5) is 4.87. The summed E-state index contributed by atoms with van der Waals surface area (Å²) in [6.45, 7) is 8.84. The van der Waals surface area contributed by atoms with E-state index in [1.54, 1.807) is 0 Å². The number of likely N-dealkylation sites (tertiary alicyclic amines) is 1. The Balaban J connectivity index is 1.64. The Morgan fingerprint density at radius 2 is 2.00 bits per heavy atom. The molecule has 0 saturated carbocycles. The lowest BCUT2D eigenvalue weighted by Crippen LogP contribution is -2.39. The summed E-state index contributed by atoms with van der Waals surface area (Å²) >= 11 is 0. The fourth-order valence-electron chi connectivity index (χ4n) is 3.67. The largest absolute Gasteiger partial charge is 0.378 e. The summed E-state index contributed by atoms with van der Waals surface area (Å²) in [6.07, 6.45) is 2.64. The lowest BCUT2D eigenvalue weighted by atomic mass is 10.2. The third-order valence-electron chi connectivity index (χ3n) is 4.98. The van der Waals surface area contributed by atoms with Gasteiger partial charge in [0.1, 0.15) is 5.82 Å². The fourth-order valence-corrected chi connectivity index (χ4v) is 3.67. The van der Waals surface area contributed by atoms with E-state index in [2.05, 4.69) is 34.2 Å². The predicted molar refractivity (Wildman–Crippen MR) is 88.3 cm³/mol. The predicted octanol–water partition coefficient (Wildman–Crippen LogP) is 0.749. The molecule has 6 nitrogen and oxygen atoms in total. The molecule has 0 unspecified atom stereocenters. The molecule has 0 aromatic carbocycles. The summed E-state index contributed by atoms with van der Waals surface area (Å²) in [5, 5.41) is 8.29. The normalized spacial score (nSPS) is 23.4. The molecule has 2 fully saturated rings. The number of hydrogen-bond acceptors (Lipinski definition) is 5. The zero-order valence-electron chi connectivity index (χ0n) is 14.1. The Kier molecular flexibility index (Phi) is 5.00. The van der Waals surface area contributed by atoms with Gasteiger partial charge >= 0.3 is 0 Å². The molecule has 0 amide bonds. The van der Waals surface area contributed by atoms with Crippen molar-refractivity contribution in [3.05, 3.63) is 11.3 Å². The molecule has 1 aromatic heterocycles. The number of morpholine rings is 1. The van der Waals surface area contributed by atoms with E-state index in [0.717, 1.165) is 45.1 Å². The van der Waals surface area contributed by atoms with E-state index in [0.29, 0.717) is 6.04 Å². The SMILES string of the molecule is Cc1nn(C)c(N2CCOCC2)c1CNC[C@H]1CCCN1C. The van der Waals surface area contributed by atoms with Crippen molar-refractivity contribution in [1.82, 2.24) is 20.0 Å². The topological polar surface area (TPSA) is 45.6 Å². The molecule has 1 aromatic rings. The summed E-state index contributed by atoms with van der Waals surface area (Å²) in [6, 6.07) is 0.684. The van der Waals surface area contributed by atoms with Crippen molar-refractivity contribution in [3.8, 4) is 0 Å². The van der Waals surface area contributed by atoms with Crippen LogP contribution in [0.1, 0.15) is 24.1 Å². The highest BCUT2D eigenvalue weighted by Gasteiger charge is 2.23. The molecule has 2 aliphatic rings. The van der Waals surface area contributed by atoms with E-state index in [-0.39, 0.29) is 0 Å². The van der Waals surface area contributed by atoms with Crippen molar-refractivity contribution in [2.24, 2.45) is 7.05 Å². The monoisotopic (exact) mass is 307 g/mol. The van der Waals surface area contributed by atoms with Crippen LogP contribution in [0.3, 0.4) is 0 Å². The zero-order chi connectivity index (χ0) is 15.5. The number of hydrogen-bond donors (Lipinski definition) is 1. The van der Waals surface area contributed by atoms with Gasteiger partial charge in [-0.2, -0.15) is 5.10 Å². The van der Waals surface area contributed by atoms with Crippen LogP contribution in [0.2, 0.25) is 0 Å². The van der Waals surface area contributed by atoms with Gasteiger partial charge in [0.15, 0.2) is 0 Å². The first-order chi connectivity index (χ1) is 10.7. The highest BCUT2D eigenvalue weighted by atomic mass is 16.5. The lowest BCUT2D eigenvalue weighted by Gasteiger charge is -2.29. The maximum absolute atomic E-state index is 5.48. The third kappa shape index (κ3) is 3.29. The van der Waals surface area contributed by atoms with Crippen molar-refractivity contribution in [2.45, 2.75) is 32.4 Å². The number of rotatable bonds is 5. The van der Waals surface area contributed by atoms with E-state index < -0.39 is 0 Å². The van der Waals surface area contributed by atoms with Gasteiger partial charge in [-0.1, -0.05) is 0 Å². The minimum atomic E-state index is 0.684. The summed E-state index contributed by atoms with van der Waals surface area (Å²) in [5.41, 5.74) is 2.47. The molecule has 0 spiro atoms. The van der Waals surface area contributed by atoms with Crippen LogP contribution in [0.5, 0.6) is 0 Å². The quantitative estimate of drug-likeness (QED) is 0.870. The van der Waals surface area contributed by atoms with Gasteiger partial charge in [0.25, 0.3) is 0 Å². The van der Waals surface area contributed by atoms with Gasteiger partial charge in [-0.25, -0.2) is 0 Å². The van der Waals surface area contributed by atoms with Gasteiger partial charge in [-0.05, 0) is 33.4 Å². The molecular weight excluding hydrogens is 278 g/mol. The van der Waals surface area contributed by atoms with Crippen molar-refractivity contribution in [3.63, 3.8) is 0 Å². The molecule has 0 bridgehead atoms. The van der Waals surface area contributed by atoms with E-state index in [4.69, 9.17) is 4.74 Å². The van der Waals surface area contributed by atoms with Crippen LogP contribution in [-0.2, 0) is 18.3 Å². The van der Waals surface area contributed by atoms with Gasteiger partial charge in [0.05, 0.1) is 18.9 Å². The number of ether oxygens (including phenoxy) is 1. The molecule has 0 aliphatic carbocycles. The van der Waals surface area contributed by atoms with E-state index >= 15 is 0 Å². The second-order valence-corrected chi connectivity index (χ2v) is 6.52. The van der Waals surface area contributed by atoms with E-state index in [9.17, 15) is 0 Å². The minimum absolute atomic E-state index is 0.684. The molecule has 124 valence electrons. The molecule has 6 heteroatoms. The zero-order valence-corrected chi connectivity index (χ0v) is 14.1. The third-order valence-corrected chi connectivity index (χ3v) is 4.98.